The van der Waals surface area contributed by atoms with Crippen molar-refractivity contribution < 1.29 is 9.53 Å². The van der Waals surface area contributed by atoms with E-state index in [0.29, 0.717) is 6.54 Å². The van der Waals surface area contributed by atoms with Gasteiger partial charge in [0, 0.05) is 16.9 Å². The number of hydrogen-bond acceptors (Lipinski definition) is 2. The van der Waals surface area contributed by atoms with Gasteiger partial charge in [-0.1, -0.05) is 28.8 Å². The van der Waals surface area contributed by atoms with Crippen LogP contribution in [0.3, 0.4) is 0 Å². The van der Waals surface area contributed by atoms with Gasteiger partial charge in [0.1, 0.15) is 5.75 Å². The number of ether oxygens (including phenoxy) is 1. The predicted octanol–water partition coefficient (Wildman–Crippen LogP) is 3.31. The third kappa shape index (κ3) is 3.96. The lowest BCUT2D eigenvalue weighted by atomic mass is 10.1. The largest absolute Gasteiger partial charge is 0.496 e. The van der Waals surface area contributed by atoms with Gasteiger partial charge in [0.25, 0.3) is 0 Å². The van der Waals surface area contributed by atoms with Crippen LogP contribution in [0.2, 0.25) is 0 Å². The summed E-state index contributed by atoms with van der Waals surface area (Å²) < 4.78 is 6.36. The summed E-state index contributed by atoms with van der Waals surface area (Å²) in [6.45, 7) is 0.669. The zero-order valence-corrected chi connectivity index (χ0v) is 12.8. The second kappa shape index (κ2) is 6.94. The molecule has 0 aromatic heterocycles. The van der Waals surface area contributed by atoms with Crippen LogP contribution in [0.4, 0.5) is 0 Å². The first kappa shape index (κ1) is 14.4. The van der Waals surface area contributed by atoms with E-state index in [-0.39, 0.29) is 11.8 Å². The molecule has 0 saturated heterocycles. The van der Waals surface area contributed by atoms with Gasteiger partial charge >= 0.3 is 0 Å². The number of carbonyl (C=O) groups is 1. The lowest BCUT2D eigenvalue weighted by Gasteiger charge is -2.12. The molecule has 0 radical (unpaired) electrons. The van der Waals surface area contributed by atoms with Crippen molar-refractivity contribution in [2.45, 2.75) is 32.1 Å². The average Bonchev–Trinajstić information content (AvgIpc) is 2.93. The van der Waals surface area contributed by atoms with Crippen LogP contribution in [0.15, 0.2) is 22.7 Å². The van der Waals surface area contributed by atoms with E-state index in [4.69, 9.17) is 4.74 Å². The number of rotatable bonds is 5. The molecule has 0 spiro atoms. The summed E-state index contributed by atoms with van der Waals surface area (Å²) in [5.74, 6) is 1.33. The van der Waals surface area contributed by atoms with Crippen LogP contribution in [-0.4, -0.2) is 19.6 Å². The first-order valence-electron chi connectivity index (χ1n) is 6.81. The normalized spacial score (nSPS) is 15.5. The standard InChI is InChI=1S/C15H20BrNO2/c1-19-14-7-6-13(16)10-12(14)8-9-17-15(18)11-4-2-3-5-11/h6-7,10-11H,2-5,8-9H2,1H3,(H,17,18). The van der Waals surface area contributed by atoms with Crippen LogP contribution in [0.1, 0.15) is 31.2 Å². The fourth-order valence-electron chi connectivity index (χ4n) is 2.60. The maximum atomic E-state index is 11.9. The summed E-state index contributed by atoms with van der Waals surface area (Å²) >= 11 is 3.46. The molecular weight excluding hydrogens is 306 g/mol. The van der Waals surface area contributed by atoms with Crippen molar-refractivity contribution in [3.05, 3.63) is 28.2 Å². The Balaban J connectivity index is 1.84. The zero-order valence-electron chi connectivity index (χ0n) is 11.2. The SMILES string of the molecule is COc1ccc(Br)cc1CCNC(=O)C1CCCC1. The Bertz CT molecular complexity index is 442. The Labute approximate surface area is 122 Å². The van der Waals surface area contributed by atoms with Crippen molar-refractivity contribution in [1.29, 1.82) is 0 Å². The second-order valence-electron chi connectivity index (χ2n) is 4.98. The van der Waals surface area contributed by atoms with E-state index >= 15 is 0 Å². The van der Waals surface area contributed by atoms with E-state index in [1.54, 1.807) is 7.11 Å². The summed E-state index contributed by atoms with van der Waals surface area (Å²) in [4.78, 5) is 11.9. The molecule has 3 nitrogen and oxygen atoms in total. The fraction of sp³-hybridized carbons (Fsp3) is 0.533. The van der Waals surface area contributed by atoms with Crippen LogP contribution < -0.4 is 10.1 Å². The molecule has 1 fully saturated rings. The van der Waals surface area contributed by atoms with Gasteiger partial charge in [0.2, 0.25) is 5.91 Å². The molecule has 1 aliphatic rings. The highest BCUT2D eigenvalue weighted by molar-refractivity contribution is 9.10. The molecule has 0 heterocycles. The molecule has 0 bridgehead atoms. The molecule has 1 amide bonds. The van der Waals surface area contributed by atoms with Crippen LogP contribution in [-0.2, 0) is 11.2 Å². The number of halogens is 1. The number of methoxy groups -OCH3 is 1. The lowest BCUT2D eigenvalue weighted by Crippen LogP contribution is -2.31. The number of hydrogen-bond donors (Lipinski definition) is 1. The van der Waals surface area contributed by atoms with Crippen molar-refractivity contribution in [2.75, 3.05) is 13.7 Å². The van der Waals surface area contributed by atoms with Gasteiger partial charge in [-0.3, -0.25) is 4.79 Å². The molecule has 2 rings (SSSR count). The molecule has 0 unspecified atom stereocenters. The van der Waals surface area contributed by atoms with E-state index in [1.807, 2.05) is 18.2 Å². The quantitative estimate of drug-likeness (QED) is 0.901. The summed E-state index contributed by atoms with van der Waals surface area (Å²) in [7, 11) is 1.67. The number of amides is 1. The fourth-order valence-corrected chi connectivity index (χ4v) is 3.00. The highest BCUT2D eigenvalue weighted by Gasteiger charge is 2.22. The molecule has 0 aliphatic heterocycles. The Kier molecular flexibility index (Phi) is 5.25. The van der Waals surface area contributed by atoms with Crippen LogP contribution >= 0.6 is 15.9 Å². The lowest BCUT2D eigenvalue weighted by molar-refractivity contribution is -0.124. The van der Waals surface area contributed by atoms with Gasteiger partial charge in [-0.25, -0.2) is 0 Å². The number of benzene rings is 1. The summed E-state index contributed by atoms with van der Waals surface area (Å²) in [5, 5.41) is 3.03. The minimum atomic E-state index is 0.214. The van der Waals surface area contributed by atoms with Gasteiger partial charge < -0.3 is 10.1 Å². The smallest absolute Gasteiger partial charge is 0.223 e. The maximum absolute atomic E-state index is 11.9. The minimum absolute atomic E-state index is 0.214. The number of carbonyl (C=O) groups excluding carboxylic acids is 1. The van der Waals surface area contributed by atoms with Gasteiger partial charge in [0.05, 0.1) is 7.11 Å². The molecule has 1 aromatic carbocycles. The second-order valence-corrected chi connectivity index (χ2v) is 5.89. The molecule has 4 heteroatoms. The van der Waals surface area contributed by atoms with Crippen molar-refractivity contribution >= 4 is 21.8 Å². The van der Waals surface area contributed by atoms with E-state index in [2.05, 4.69) is 21.2 Å². The number of nitrogens with one attached hydrogen (secondary N) is 1. The molecule has 1 aromatic rings. The maximum Gasteiger partial charge on any atom is 0.223 e. The van der Waals surface area contributed by atoms with E-state index in [0.717, 1.165) is 35.0 Å². The molecule has 0 atom stereocenters. The first-order valence-corrected chi connectivity index (χ1v) is 7.60. The Hall–Kier alpha value is -1.03. The van der Waals surface area contributed by atoms with Gasteiger partial charge in [-0.2, -0.15) is 0 Å². The summed E-state index contributed by atoms with van der Waals surface area (Å²) in [5.41, 5.74) is 1.11. The molecule has 1 N–H and O–H groups in total. The average molecular weight is 326 g/mol. The van der Waals surface area contributed by atoms with Gasteiger partial charge in [0.15, 0.2) is 0 Å². The Morgan fingerprint density at radius 1 is 1.42 bits per heavy atom. The van der Waals surface area contributed by atoms with Crippen molar-refractivity contribution in [3.63, 3.8) is 0 Å². The van der Waals surface area contributed by atoms with Crippen molar-refractivity contribution in [2.24, 2.45) is 5.92 Å². The molecule has 19 heavy (non-hydrogen) atoms. The van der Waals surface area contributed by atoms with Crippen LogP contribution in [0.5, 0.6) is 5.75 Å². The molecule has 104 valence electrons. The highest BCUT2D eigenvalue weighted by Crippen LogP contribution is 2.25. The van der Waals surface area contributed by atoms with Gasteiger partial charge in [-0.15, -0.1) is 0 Å². The summed E-state index contributed by atoms with van der Waals surface area (Å²) in [6, 6.07) is 5.94. The predicted molar refractivity (Wildman–Crippen MR) is 79.4 cm³/mol. The van der Waals surface area contributed by atoms with Crippen molar-refractivity contribution in [1.82, 2.24) is 5.32 Å². The Morgan fingerprint density at radius 3 is 2.84 bits per heavy atom. The van der Waals surface area contributed by atoms with E-state index < -0.39 is 0 Å². The topological polar surface area (TPSA) is 38.3 Å². The molecule has 1 saturated carbocycles. The van der Waals surface area contributed by atoms with Crippen LogP contribution in [0, 0.1) is 5.92 Å². The highest BCUT2D eigenvalue weighted by atomic mass is 79.9. The summed E-state index contributed by atoms with van der Waals surface area (Å²) in [6.07, 6.45) is 5.27. The third-order valence-electron chi connectivity index (χ3n) is 3.66. The molecule has 1 aliphatic carbocycles. The first-order chi connectivity index (χ1) is 9.20. The monoisotopic (exact) mass is 325 g/mol. The van der Waals surface area contributed by atoms with E-state index in [1.165, 1.54) is 12.8 Å². The zero-order chi connectivity index (χ0) is 13.7. The Morgan fingerprint density at radius 2 is 2.16 bits per heavy atom. The van der Waals surface area contributed by atoms with Crippen LogP contribution in [0.25, 0.3) is 0 Å². The third-order valence-corrected chi connectivity index (χ3v) is 4.16. The van der Waals surface area contributed by atoms with Crippen molar-refractivity contribution in [3.8, 4) is 5.75 Å². The van der Waals surface area contributed by atoms with Gasteiger partial charge in [-0.05, 0) is 43.0 Å². The van der Waals surface area contributed by atoms with E-state index in [9.17, 15) is 4.79 Å². The molecular formula is C15H20BrNO2. The minimum Gasteiger partial charge on any atom is -0.496 e.